The highest BCUT2D eigenvalue weighted by Gasteiger charge is 2.17. The molecule has 184 valence electrons. The molecule has 35 heavy (non-hydrogen) atoms. The van der Waals surface area contributed by atoms with Crippen LogP contribution in [0.1, 0.15) is 11.1 Å². The first-order valence-electron chi connectivity index (χ1n) is 12.4. The highest BCUT2D eigenvalue weighted by molar-refractivity contribution is 6.20. The molecule has 2 aromatic heterocycles. The summed E-state index contributed by atoms with van der Waals surface area (Å²) < 4.78 is 5.96. The molecule has 3 aromatic carbocycles. The Balaban J connectivity index is 1.56. The van der Waals surface area contributed by atoms with Crippen molar-refractivity contribution in [3.05, 3.63) is 53.6 Å². The number of methoxy groups -OCH3 is 1. The van der Waals surface area contributed by atoms with Gasteiger partial charge in [-0.15, -0.1) is 0 Å². The number of likely N-dealkylation sites (N-methyl/N-ethyl adjacent to an activating group) is 2. The number of benzene rings is 3. The average molecular weight is 473 g/mol. The number of nitrogens with one attached hydrogen (secondary N) is 5. The van der Waals surface area contributed by atoms with Gasteiger partial charge >= 0.3 is 0 Å². The summed E-state index contributed by atoms with van der Waals surface area (Å²) >= 11 is 0. The Bertz CT molecular complexity index is 1460. The molecule has 7 heteroatoms. The Morgan fingerprint density at radius 1 is 0.743 bits per heavy atom. The maximum atomic E-state index is 5.96. The monoisotopic (exact) mass is 472 g/mol. The number of aromatic nitrogens is 2. The van der Waals surface area contributed by atoms with Crippen molar-refractivity contribution in [2.24, 2.45) is 0 Å². The van der Waals surface area contributed by atoms with Crippen LogP contribution in [-0.4, -0.2) is 69.3 Å². The maximum absolute atomic E-state index is 5.96. The number of hydrogen-bond acceptors (Lipinski definition) is 5. The molecule has 0 unspecified atom stereocenters. The van der Waals surface area contributed by atoms with Gasteiger partial charge in [0, 0.05) is 71.8 Å². The molecule has 0 aliphatic heterocycles. The number of ether oxygens (including phenoxy) is 1. The van der Waals surface area contributed by atoms with Gasteiger partial charge in [-0.2, -0.15) is 0 Å². The Morgan fingerprint density at radius 2 is 1.31 bits per heavy atom. The van der Waals surface area contributed by atoms with Crippen molar-refractivity contribution in [1.29, 1.82) is 0 Å². The van der Waals surface area contributed by atoms with E-state index in [1.165, 1.54) is 32.7 Å². The van der Waals surface area contributed by atoms with Crippen LogP contribution >= 0.6 is 0 Å². The summed E-state index contributed by atoms with van der Waals surface area (Å²) in [4.78, 5) is 9.40. The number of rotatable bonds is 11. The van der Waals surface area contributed by atoms with Crippen molar-refractivity contribution < 1.29 is 4.74 Å². The van der Waals surface area contributed by atoms with Crippen LogP contribution in [0, 0.1) is 0 Å². The van der Waals surface area contributed by atoms with Crippen molar-refractivity contribution in [1.82, 2.24) is 30.8 Å². The molecule has 0 spiro atoms. The van der Waals surface area contributed by atoms with E-state index < -0.39 is 0 Å². The van der Waals surface area contributed by atoms with Crippen molar-refractivity contribution in [2.45, 2.75) is 13.1 Å². The minimum atomic E-state index is 0.848. The molecule has 0 saturated heterocycles. The molecule has 5 rings (SSSR count). The second-order valence-corrected chi connectivity index (χ2v) is 9.53. The Labute approximate surface area is 206 Å². The van der Waals surface area contributed by atoms with E-state index in [0.29, 0.717) is 0 Å². The van der Waals surface area contributed by atoms with Gasteiger partial charge in [0.25, 0.3) is 0 Å². The third-order valence-corrected chi connectivity index (χ3v) is 6.70. The topological polar surface area (TPSA) is 80.1 Å². The number of hydrogen-bond donors (Lipinski definition) is 5. The van der Waals surface area contributed by atoms with Crippen molar-refractivity contribution in [3.8, 4) is 5.75 Å². The molecule has 0 amide bonds. The lowest BCUT2D eigenvalue weighted by Gasteiger charge is -2.10. The standard InChI is InChI=1S/C28H36N6O/c1-29-9-10-30-16-18-5-7-24-20(13-18)22-15-23-21-14-19(17-31-11-12-34(2)3)6-8-25(21)33-27(23)28(35-4)26(22)32-24/h5-8,13-15,29-33H,9-12,16-17H2,1-4H3. The fraction of sp³-hybridized carbons (Fsp3) is 0.357. The molecule has 7 nitrogen and oxygen atoms in total. The first-order valence-corrected chi connectivity index (χ1v) is 12.4. The third kappa shape index (κ3) is 4.73. The van der Waals surface area contributed by atoms with Crippen LogP contribution < -0.4 is 20.7 Å². The number of H-pyrrole nitrogens is 2. The van der Waals surface area contributed by atoms with E-state index in [2.05, 4.69) is 87.4 Å². The van der Waals surface area contributed by atoms with E-state index in [-0.39, 0.29) is 0 Å². The summed E-state index contributed by atoms with van der Waals surface area (Å²) in [7, 11) is 7.93. The van der Waals surface area contributed by atoms with Crippen LogP contribution in [0.4, 0.5) is 0 Å². The molecule has 0 atom stereocenters. The molecular weight excluding hydrogens is 436 g/mol. The van der Waals surface area contributed by atoms with E-state index >= 15 is 0 Å². The summed E-state index contributed by atoms with van der Waals surface area (Å²) in [5.74, 6) is 0.865. The van der Waals surface area contributed by atoms with Gasteiger partial charge in [-0.3, -0.25) is 0 Å². The van der Waals surface area contributed by atoms with Crippen LogP contribution in [0.25, 0.3) is 43.6 Å². The molecule has 5 N–H and O–H groups in total. The van der Waals surface area contributed by atoms with Gasteiger partial charge in [0.2, 0.25) is 0 Å². The first-order chi connectivity index (χ1) is 17.1. The second kappa shape index (κ2) is 10.3. The molecule has 0 fully saturated rings. The third-order valence-electron chi connectivity index (χ3n) is 6.70. The predicted octanol–water partition coefficient (Wildman–Crippen LogP) is 3.92. The van der Waals surface area contributed by atoms with Gasteiger partial charge in [0.15, 0.2) is 5.75 Å². The molecule has 2 heterocycles. The van der Waals surface area contributed by atoms with Gasteiger partial charge in [0.1, 0.15) is 0 Å². The number of fused-ring (bicyclic) bond motifs is 6. The Hall–Kier alpha value is -3.10. The zero-order valence-electron chi connectivity index (χ0n) is 21.1. The van der Waals surface area contributed by atoms with Crippen LogP contribution in [-0.2, 0) is 13.1 Å². The van der Waals surface area contributed by atoms with Gasteiger partial charge in [0.05, 0.1) is 18.1 Å². The van der Waals surface area contributed by atoms with Crippen molar-refractivity contribution in [2.75, 3.05) is 54.4 Å². The van der Waals surface area contributed by atoms with Crippen molar-refractivity contribution in [3.63, 3.8) is 0 Å². The average Bonchev–Trinajstić information content (AvgIpc) is 3.40. The fourth-order valence-electron chi connectivity index (χ4n) is 4.85. The molecule has 0 saturated carbocycles. The van der Waals surface area contributed by atoms with Crippen LogP contribution in [0.5, 0.6) is 5.75 Å². The van der Waals surface area contributed by atoms with Crippen molar-refractivity contribution >= 4 is 43.6 Å². The minimum Gasteiger partial charge on any atom is -0.492 e. The van der Waals surface area contributed by atoms with E-state index in [0.717, 1.165) is 67.1 Å². The quantitative estimate of drug-likeness (QED) is 0.188. The molecule has 0 aliphatic rings. The molecule has 0 aliphatic carbocycles. The highest BCUT2D eigenvalue weighted by atomic mass is 16.5. The lowest BCUT2D eigenvalue weighted by atomic mass is 10.0. The molecule has 0 radical (unpaired) electrons. The summed E-state index contributed by atoms with van der Waals surface area (Å²) in [6.07, 6.45) is 0. The normalized spacial score (nSPS) is 12.1. The van der Waals surface area contributed by atoms with E-state index in [1.807, 2.05) is 7.05 Å². The SMILES string of the molecule is CNCCNCc1ccc2[nH]c3c(OC)c4[nH]c5ccc(CNCCN(C)C)cc5c4cc3c2c1. The zero-order valence-corrected chi connectivity index (χ0v) is 21.1. The number of nitrogens with zero attached hydrogens (tertiary/aromatic N) is 1. The minimum absolute atomic E-state index is 0.848. The Kier molecular flexibility index (Phi) is 6.92. The molecule has 5 aromatic rings. The highest BCUT2D eigenvalue weighted by Crippen LogP contribution is 2.41. The first kappa shape index (κ1) is 23.6. The Morgan fingerprint density at radius 3 is 1.83 bits per heavy atom. The second-order valence-electron chi connectivity index (χ2n) is 9.53. The summed E-state index contributed by atoms with van der Waals surface area (Å²) in [5, 5.41) is 15.1. The van der Waals surface area contributed by atoms with E-state index in [9.17, 15) is 0 Å². The van der Waals surface area contributed by atoms with E-state index in [1.54, 1.807) is 7.11 Å². The predicted molar refractivity (Wildman–Crippen MR) is 148 cm³/mol. The van der Waals surface area contributed by atoms with Gasteiger partial charge < -0.3 is 35.6 Å². The summed E-state index contributed by atoms with van der Waals surface area (Å²) in [6.45, 7) is 5.59. The fourth-order valence-corrected chi connectivity index (χ4v) is 4.85. The van der Waals surface area contributed by atoms with Gasteiger partial charge in [-0.25, -0.2) is 0 Å². The maximum Gasteiger partial charge on any atom is 0.166 e. The lowest BCUT2D eigenvalue weighted by molar-refractivity contribution is 0.400. The summed E-state index contributed by atoms with van der Waals surface area (Å²) in [5.41, 5.74) is 6.88. The van der Waals surface area contributed by atoms with Gasteiger partial charge in [-0.1, -0.05) is 12.1 Å². The zero-order chi connectivity index (χ0) is 24.4. The lowest BCUT2D eigenvalue weighted by Crippen LogP contribution is -2.26. The van der Waals surface area contributed by atoms with E-state index in [4.69, 9.17) is 4.74 Å². The molecule has 0 bridgehead atoms. The smallest absolute Gasteiger partial charge is 0.166 e. The number of aromatic amines is 2. The van der Waals surface area contributed by atoms with Crippen LogP contribution in [0.15, 0.2) is 42.5 Å². The van der Waals surface area contributed by atoms with Crippen LogP contribution in [0.2, 0.25) is 0 Å². The largest absolute Gasteiger partial charge is 0.492 e. The van der Waals surface area contributed by atoms with Gasteiger partial charge in [-0.05, 0) is 62.6 Å². The summed E-state index contributed by atoms with van der Waals surface area (Å²) in [6, 6.07) is 15.6. The molecular formula is C28H36N6O. The van der Waals surface area contributed by atoms with Crippen LogP contribution in [0.3, 0.4) is 0 Å².